The summed E-state index contributed by atoms with van der Waals surface area (Å²) in [4.78, 5) is 0. The fourth-order valence-corrected chi connectivity index (χ4v) is 2.35. The average molecular weight is 249 g/mol. The first kappa shape index (κ1) is 13.2. The molecule has 1 fully saturated rings. The van der Waals surface area contributed by atoms with Gasteiger partial charge in [-0.25, -0.2) is 0 Å². The first-order valence-corrected chi connectivity index (χ1v) is 6.87. The number of rotatable bonds is 5. The van der Waals surface area contributed by atoms with Gasteiger partial charge >= 0.3 is 0 Å². The van der Waals surface area contributed by atoms with Crippen molar-refractivity contribution in [1.29, 1.82) is 0 Å². The van der Waals surface area contributed by atoms with Gasteiger partial charge in [0.15, 0.2) is 11.5 Å². The molecule has 0 aromatic heterocycles. The first-order chi connectivity index (χ1) is 8.83. The summed E-state index contributed by atoms with van der Waals surface area (Å²) in [6.07, 6.45) is 4.80. The van der Waals surface area contributed by atoms with E-state index in [4.69, 9.17) is 9.47 Å². The third kappa shape index (κ3) is 3.39. The Balaban J connectivity index is 2.06. The highest BCUT2D eigenvalue weighted by Crippen LogP contribution is 2.30. The van der Waals surface area contributed by atoms with Crippen LogP contribution < -0.4 is 14.8 Å². The maximum atomic E-state index is 6.02. The number of piperidine rings is 1. The number of hydrogen-bond donors (Lipinski definition) is 1. The lowest BCUT2D eigenvalue weighted by Gasteiger charge is -2.25. The average Bonchev–Trinajstić information content (AvgIpc) is 2.42. The van der Waals surface area contributed by atoms with Crippen LogP contribution in [0.3, 0.4) is 0 Å². The van der Waals surface area contributed by atoms with Crippen LogP contribution in [0.15, 0.2) is 18.2 Å². The Bertz CT molecular complexity index is 373. The summed E-state index contributed by atoms with van der Waals surface area (Å²) in [5.74, 6) is 1.72. The Kier molecular flexibility index (Phi) is 4.88. The van der Waals surface area contributed by atoms with Gasteiger partial charge in [-0.05, 0) is 43.5 Å². The molecule has 0 aliphatic carbocycles. The molecular formula is C15H23NO2. The van der Waals surface area contributed by atoms with Crippen molar-refractivity contribution in [3.63, 3.8) is 0 Å². The van der Waals surface area contributed by atoms with Gasteiger partial charge in [-0.2, -0.15) is 0 Å². The molecule has 1 aliphatic heterocycles. The minimum Gasteiger partial charge on any atom is -0.493 e. The lowest BCUT2D eigenvalue weighted by Crippen LogP contribution is -2.37. The van der Waals surface area contributed by atoms with Gasteiger partial charge in [-0.15, -0.1) is 0 Å². The van der Waals surface area contributed by atoms with E-state index in [-0.39, 0.29) is 6.10 Å². The third-order valence-corrected chi connectivity index (χ3v) is 3.31. The molecule has 2 rings (SSSR count). The van der Waals surface area contributed by atoms with Crippen molar-refractivity contribution in [2.24, 2.45) is 0 Å². The molecule has 1 aliphatic rings. The molecule has 0 spiro atoms. The van der Waals surface area contributed by atoms with Crippen molar-refractivity contribution >= 4 is 0 Å². The summed E-state index contributed by atoms with van der Waals surface area (Å²) in [5, 5.41) is 3.36. The normalized spacial score (nSPS) is 19.6. The van der Waals surface area contributed by atoms with Gasteiger partial charge in [0.2, 0.25) is 0 Å². The highest BCUT2D eigenvalue weighted by molar-refractivity contribution is 5.43. The molecule has 0 radical (unpaired) electrons. The minimum absolute atomic E-state index is 0.268. The van der Waals surface area contributed by atoms with E-state index in [1.807, 2.05) is 6.07 Å². The molecule has 1 aromatic carbocycles. The summed E-state index contributed by atoms with van der Waals surface area (Å²) in [7, 11) is 1.71. The molecule has 0 bridgehead atoms. The Labute approximate surface area is 109 Å². The lowest BCUT2D eigenvalue weighted by atomic mass is 10.1. The lowest BCUT2D eigenvalue weighted by molar-refractivity contribution is 0.161. The maximum Gasteiger partial charge on any atom is 0.161 e. The van der Waals surface area contributed by atoms with Crippen molar-refractivity contribution in [2.45, 2.75) is 38.7 Å². The number of nitrogens with one attached hydrogen (secondary N) is 1. The smallest absolute Gasteiger partial charge is 0.161 e. The highest BCUT2D eigenvalue weighted by atomic mass is 16.5. The molecule has 1 heterocycles. The second-order valence-corrected chi connectivity index (χ2v) is 4.82. The molecule has 1 saturated heterocycles. The molecule has 1 N–H and O–H groups in total. The standard InChI is InChI=1S/C15H23NO2/c1-3-5-12-7-8-14(15(10-12)17-2)18-13-6-4-9-16-11-13/h7-8,10,13,16H,3-6,9,11H2,1-2H3/t13-/m1/s1. The molecule has 3 nitrogen and oxygen atoms in total. The first-order valence-electron chi connectivity index (χ1n) is 6.87. The maximum absolute atomic E-state index is 6.02. The monoisotopic (exact) mass is 249 g/mol. The SMILES string of the molecule is CCCc1ccc(O[C@@H]2CCCNC2)c(OC)c1. The fourth-order valence-electron chi connectivity index (χ4n) is 2.35. The quantitative estimate of drug-likeness (QED) is 0.870. The molecule has 18 heavy (non-hydrogen) atoms. The van der Waals surface area contributed by atoms with E-state index < -0.39 is 0 Å². The van der Waals surface area contributed by atoms with Gasteiger partial charge in [-0.3, -0.25) is 0 Å². The van der Waals surface area contributed by atoms with Crippen LogP contribution in [0.25, 0.3) is 0 Å². The van der Waals surface area contributed by atoms with E-state index in [0.717, 1.165) is 43.9 Å². The summed E-state index contributed by atoms with van der Waals surface area (Å²) in [6.45, 7) is 4.22. The predicted octanol–water partition coefficient (Wildman–Crippen LogP) is 2.78. The predicted molar refractivity (Wildman–Crippen MR) is 73.5 cm³/mol. The zero-order valence-electron chi connectivity index (χ0n) is 11.4. The summed E-state index contributed by atoms with van der Waals surface area (Å²) < 4.78 is 11.5. The topological polar surface area (TPSA) is 30.5 Å². The van der Waals surface area contributed by atoms with Gasteiger partial charge in [-0.1, -0.05) is 19.4 Å². The van der Waals surface area contributed by atoms with Crippen LogP contribution >= 0.6 is 0 Å². The Morgan fingerprint density at radius 2 is 2.22 bits per heavy atom. The number of methoxy groups -OCH3 is 1. The van der Waals surface area contributed by atoms with Crippen LogP contribution in [0.4, 0.5) is 0 Å². The molecule has 0 amide bonds. The van der Waals surface area contributed by atoms with Crippen LogP contribution in [0.1, 0.15) is 31.7 Å². The number of aryl methyl sites for hydroxylation is 1. The zero-order valence-corrected chi connectivity index (χ0v) is 11.4. The van der Waals surface area contributed by atoms with E-state index in [1.165, 1.54) is 12.0 Å². The van der Waals surface area contributed by atoms with Gasteiger partial charge < -0.3 is 14.8 Å². The Morgan fingerprint density at radius 1 is 1.33 bits per heavy atom. The fraction of sp³-hybridized carbons (Fsp3) is 0.600. The minimum atomic E-state index is 0.268. The van der Waals surface area contributed by atoms with Gasteiger partial charge in [0, 0.05) is 6.54 Å². The highest BCUT2D eigenvalue weighted by Gasteiger charge is 2.16. The third-order valence-electron chi connectivity index (χ3n) is 3.31. The van der Waals surface area contributed by atoms with E-state index in [0.29, 0.717) is 0 Å². The van der Waals surface area contributed by atoms with Gasteiger partial charge in [0.05, 0.1) is 7.11 Å². The molecule has 0 unspecified atom stereocenters. The van der Waals surface area contributed by atoms with E-state index in [2.05, 4.69) is 24.4 Å². The van der Waals surface area contributed by atoms with Crippen molar-refractivity contribution in [1.82, 2.24) is 5.32 Å². The van der Waals surface area contributed by atoms with E-state index in [9.17, 15) is 0 Å². The molecule has 100 valence electrons. The van der Waals surface area contributed by atoms with Gasteiger partial charge in [0.25, 0.3) is 0 Å². The van der Waals surface area contributed by atoms with Crippen LogP contribution in [0.5, 0.6) is 11.5 Å². The second-order valence-electron chi connectivity index (χ2n) is 4.82. The number of benzene rings is 1. The van der Waals surface area contributed by atoms with Crippen molar-refractivity contribution in [3.8, 4) is 11.5 Å². The van der Waals surface area contributed by atoms with Crippen LogP contribution in [0.2, 0.25) is 0 Å². The largest absolute Gasteiger partial charge is 0.493 e. The summed E-state index contributed by atoms with van der Waals surface area (Å²) in [5.41, 5.74) is 1.31. The Morgan fingerprint density at radius 3 is 2.89 bits per heavy atom. The molecular weight excluding hydrogens is 226 g/mol. The number of hydrogen-bond acceptors (Lipinski definition) is 3. The van der Waals surface area contributed by atoms with Crippen LogP contribution in [-0.4, -0.2) is 26.3 Å². The van der Waals surface area contributed by atoms with E-state index >= 15 is 0 Å². The Hall–Kier alpha value is -1.22. The number of ether oxygens (including phenoxy) is 2. The summed E-state index contributed by atoms with van der Waals surface area (Å²) >= 11 is 0. The molecule has 0 saturated carbocycles. The zero-order chi connectivity index (χ0) is 12.8. The molecule has 1 atom stereocenters. The van der Waals surface area contributed by atoms with Crippen molar-refractivity contribution < 1.29 is 9.47 Å². The van der Waals surface area contributed by atoms with Gasteiger partial charge in [0.1, 0.15) is 6.10 Å². The van der Waals surface area contributed by atoms with Crippen LogP contribution in [-0.2, 0) is 6.42 Å². The summed E-state index contributed by atoms with van der Waals surface area (Å²) in [6, 6.07) is 6.27. The van der Waals surface area contributed by atoms with Crippen molar-refractivity contribution in [2.75, 3.05) is 20.2 Å². The van der Waals surface area contributed by atoms with E-state index in [1.54, 1.807) is 7.11 Å². The second kappa shape index (κ2) is 6.64. The van der Waals surface area contributed by atoms with Crippen LogP contribution in [0, 0.1) is 0 Å². The molecule has 3 heteroatoms. The molecule has 1 aromatic rings. The van der Waals surface area contributed by atoms with Crippen molar-refractivity contribution in [3.05, 3.63) is 23.8 Å².